The minimum atomic E-state index is -4.77. The van der Waals surface area contributed by atoms with Crippen LogP contribution < -0.4 is 15.4 Å². The molecule has 0 unspecified atom stereocenters. The minimum Gasteiger partial charge on any atom is -0.480 e. The summed E-state index contributed by atoms with van der Waals surface area (Å²) in [7, 11) is 0. The summed E-state index contributed by atoms with van der Waals surface area (Å²) in [5.41, 5.74) is 0.971. The van der Waals surface area contributed by atoms with Crippen LogP contribution in [0.1, 0.15) is 5.69 Å². The number of aliphatic carboxylic acids is 1. The second-order valence-corrected chi connectivity index (χ2v) is 6.20. The highest BCUT2D eigenvalue weighted by Gasteiger charge is 2.31. The van der Waals surface area contributed by atoms with Gasteiger partial charge in [0.2, 0.25) is 11.8 Å². The number of carboxylic acids is 1. The van der Waals surface area contributed by atoms with Crippen LogP contribution in [0.15, 0.2) is 29.6 Å². The van der Waals surface area contributed by atoms with Gasteiger partial charge in [0.15, 0.2) is 0 Å². The van der Waals surface area contributed by atoms with Gasteiger partial charge in [0.1, 0.15) is 17.3 Å². The van der Waals surface area contributed by atoms with E-state index < -0.39 is 30.7 Å². The third-order valence-electron chi connectivity index (χ3n) is 3.11. The molecular formula is C16H14F3N3O5S. The van der Waals surface area contributed by atoms with Crippen LogP contribution in [0.4, 0.5) is 13.2 Å². The van der Waals surface area contributed by atoms with Gasteiger partial charge in [-0.15, -0.1) is 24.5 Å². The maximum absolute atomic E-state index is 12.2. The highest BCUT2D eigenvalue weighted by molar-refractivity contribution is 7.13. The van der Waals surface area contributed by atoms with Gasteiger partial charge in [0, 0.05) is 10.9 Å². The monoisotopic (exact) mass is 417 g/mol. The number of benzene rings is 1. The van der Waals surface area contributed by atoms with Crippen LogP contribution in [0, 0.1) is 0 Å². The third-order valence-corrected chi connectivity index (χ3v) is 4.05. The lowest BCUT2D eigenvalue weighted by atomic mass is 10.2. The van der Waals surface area contributed by atoms with E-state index in [-0.39, 0.29) is 18.7 Å². The maximum Gasteiger partial charge on any atom is 0.573 e. The third kappa shape index (κ3) is 7.23. The van der Waals surface area contributed by atoms with Crippen LogP contribution in [-0.2, 0) is 20.8 Å². The van der Waals surface area contributed by atoms with E-state index in [9.17, 15) is 27.6 Å². The Kier molecular flexibility index (Phi) is 6.93. The van der Waals surface area contributed by atoms with Crippen molar-refractivity contribution in [2.45, 2.75) is 12.8 Å². The van der Waals surface area contributed by atoms with Gasteiger partial charge in [-0.2, -0.15) is 0 Å². The Balaban J connectivity index is 1.87. The molecule has 2 amide bonds. The van der Waals surface area contributed by atoms with Crippen molar-refractivity contribution in [3.8, 4) is 16.3 Å². The second-order valence-electron chi connectivity index (χ2n) is 5.34. The topological polar surface area (TPSA) is 118 Å². The molecule has 0 fully saturated rings. The molecule has 0 bridgehead atoms. The molecule has 0 saturated heterocycles. The first-order chi connectivity index (χ1) is 13.1. The number of rotatable bonds is 8. The molecular weight excluding hydrogens is 403 g/mol. The fraction of sp³-hybridized carbons (Fsp3) is 0.250. The molecule has 0 saturated carbocycles. The summed E-state index contributed by atoms with van der Waals surface area (Å²) in [5, 5.41) is 15.0. The number of alkyl halides is 3. The van der Waals surface area contributed by atoms with Crippen molar-refractivity contribution < 1.29 is 37.4 Å². The first-order valence-electron chi connectivity index (χ1n) is 7.68. The van der Waals surface area contributed by atoms with E-state index in [1.807, 2.05) is 0 Å². The van der Waals surface area contributed by atoms with Gasteiger partial charge >= 0.3 is 12.3 Å². The molecule has 1 aromatic carbocycles. The second kappa shape index (κ2) is 9.17. The van der Waals surface area contributed by atoms with Crippen molar-refractivity contribution >= 4 is 29.1 Å². The Labute approximate surface area is 160 Å². The zero-order chi connectivity index (χ0) is 20.7. The van der Waals surface area contributed by atoms with Crippen molar-refractivity contribution in [3.63, 3.8) is 0 Å². The molecule has 2 rings (SSSR count). The molecule has 12 heteroatoms. The Morgan fingerprint density at radius 3 is 2.32 bits per heavy atom. The molecule has 0 aliphatic heterocycles. The summed E-state index contributed by atoms with van der Waals surface area (Å²) in [6, 6.07) is 5.14. The van der Waals surface area contributed by atoms with Gasteiger partial charge in [-0.25, -0.2) is 4.98 Å². The van der Waals surface area contributed by atoms with Gasteiger partial charge in [0.25, 0.3) is 0 Å². The molecule has 8 nitrogen and oxygen atoms in total. The fourth-order valence-electron chi connectivity index (χ4n) is 1.96. The molecule has 3 N–H and O–H groups in total. The predicted molar refractivity (Wildman–Crippen MR) is 91.6 cm³/mol. The van der Waals surface area contributed by atoms with E-state index in [0.29, 0.717) is 16.3 Å². The van der Waals surface area contributed by atoms with Crippen LogP contribution in [0.5, 0.6) is 5.75 Å². The van der Waals surface area contributed by atoms with E-state index in [4.69, 9.17) is 5.11 Å². The molecule has 0 spiro atoms. The van der Waals surface area contributed by atoms with Crippen molar-refractivity contribution in [1.82, 2.24) is 15.6 Å². The van der Waals surface area contributed by atoms with E-state index in [1.54, 1.807) is 5.38 Å². The lowest BCUT2D eigenvalue weighted by molar-refractivity contribution is -0.274. The Morgan fingerprint density at radius 2 is 1.71 bits per heavy atom. The fourth-order valence-corrected chi connectivity index (χ4v) is 2.79. The average Bonchev–Trinajstić information content (AvgIpc) is 3.05. The number of amides is 2. The summed E-state index contributed by atoms with van der Waals surface area (Å²) in [4.78, 5) is 37.7. The summed E-state index contributed by atoms with van der Waals surface area (Å²) in [6.45, 7) is -0.916. The Hall–Kier alpha value is -3.15. The number of aromatic nitrogens is 1. The summed E-state index contributed by atoms with van der Waals surface area (Å²) >= 11 is 1.20. The first kappa shape index (κ1) is 21.2. The number of halogens is 3. The standard InChI is InChI=1S/C16H14F3N3O5S/c17-16(18,19)27-11-3-1-9(2-4-11)15-22-10(8-28-15)5-12(23)20-6-13(24)21-7-14(25)26/h1-4,8H,5-7H2,(H,20,23)(H,21,24)(H,25,26). The summed E-state index contributed by atoms with van der Waals surface area (Å²) in [6.07, 6.45) is -4.88. The zero-order valence-electron chi connectivity index (χ0n) is 14.1. The normalized spacial score (nSPS) is 11.0. The molecule has 0 atom stereocenters. The van der Waals surface area contributed by atoms with E-state index in [2.05, 4.69) is 20.4 Å². The number of nitrogens with one attached hydrogen (secondary N) is 2. The van der Waals surface area contributed by atoms with Gasteiger partial charge < -0.3 is 20.5 Å². The van der Waals surface area contributed by atoms with Crippen molar-refractivity contribution in [1.29, 1.82) is 0 Å². The average molecular weight is 417 g/mol. The summed E-state index contributed by atoms with van der Waals surface area (Å²) < 4.78 is 40.3. The van der Waals surface area contributed by atoms with Crippen LogP contribution in [-0.4, -0.2) is 47.3 Å². The highest BCUT2D eigenvalue weighted by Crippen LogP contribution is 2.28. The lowest BCUT2D eigenvalue weighted by Gasteiger charge is -2.08. The number of carboxylic acid groups (broad SMARTS) is 1. The first-order valence-corrected chi connectivity index (χ1v) is 8.56. The molecule has 1 aromatic heterocycles. The molecule has 150 valence electrons. The number of ether oxygens (including phenoxy) is 1. The van der Waals surface area contributed by atoms with Crippen LogP contribution >= 0.6 is 11.3 Å². The largest absolute Gasteiger partial charge is 0.573 e. The number of carbonyl (C=O) groups excluding carboxylic acids is 2. The number of carbonyl (C=O) groups is 3. The van der Waals surface area contributed by atoms with Crippen molar-refractivity contribution in [3.05, 3.63) is 35.3 Å². The molecule has 28 heavy (non-hydrogen) atoms. The maximum atomic E-state index is 12.2. The van der Waals surface area contributed by atoms with E-state index in [0.717, 1.165) is 12.1 Å². The molecule has 2 aromatic rings. The number of thiazole rings is 1. The number of nitrogens with zero attached hydrogens (tertiary/aromatic N) is 1. The van der Waals surface area contributed by atoms with Gasteiger partial charge in [0.05, 0.1) is 18.7 Å². The van der Waals surface area contributed by atoms with Gasteiger partial charge in [-0.1, -0.05) is 0 Å². The van der Waals surface area contributed by atoms with Crippen LogP contribution in [0.3, 0.4) is 0 Å². The highest BCUT2D eigenvalue weighted by atomic mass is 32.1. The minimum absolute atomic E-state index is 0.113. The molecule has 0 radical (unpaired) electrons. The Bertz CT molecular complexity index is 852. The number of hydrogen-bond acceptors (Lipinski definition) is 6. The van der Waals surface area contributed by atoms with Gasteiger partial charge in [-0.3, -0.25) is 14.4 Å². The lowest BCUT2D eigenvalue weighted by Crippen LogP contribution is -2.39. The van der Waals surface area contributed by atoms with Crippen LogP contribution in [0.25, 0.3) is 10.6 Å². The smallest absolute Gasteiger partial charge is 0.480 e. The zero-order valence-corrected chi connectivity index (χ0v) is 14.9. The van der Waals surface area contributed by atoms with Crippen molar-refractivity contribution in [2.24, 2.45) is 0 Å². The van der Waals surface area contributed by atoms with Crippen LogP contribution in [0.2, 0.25) is 0 Å². The number of hydrogen-bond donors (Lipinski definition) is 3. The predicted octanol–water partition coefficient (Wildman–Crippen LogP) is 1.57. The quantitative estimate of drug-likeness (QED) is 0.600. The van der Waals surface area contributed by atoms with E-state index in [1.165, 1.54) is 23.5 Å². The molecule has 0 aliphatic rings. The Morgan fingerprint density at radius 1 is 1.07 bits per heavy atom. The van der Waals surface area contributed by atoms with Crippen molar-refractivity contribution in [2.75, 3.05) is 13.1 Å². The van der Waals surface area contributed by atoms with E-state index >= 15 is 0 Å². The summed E-state index contributed by atoms with van der Waals surface area (Å²) in [5.74, 6) is -2.69. The molecule has 0 aliphatic carbocycles. The SMILES string of the molecule is O=C(O)CNC(=O)CNC(=O)Cc1csc(-c2ccc(OC(F)(F)F)cc2)n1. The molecule has 1 heterocycles. The van der Waals surface area contributed by atoms with Gasteiger partial charge in [-0.05, 0) is 24.3 Å².